The molecule has 0 atom stereocenters. The van der Waals surface area contributed by atoms with Crippen molar-refractivity contribution in [1.29, 1.82) is 0 Å². The molecular weight excluding hydrogens is 244 g/mol. The van der Waals surface area contributed by atoms with Crippen molar-refractivity contribution in [3.63, 3.8) is 0 Å². The van der Waals surface area contributed by atoms with E-state index in [4.69, 9.17) is 0 Å². The van der Waals surface area contributed by atoms with Crippen LogP contribution in [0.4, 0.5) is 0 Å². The van der Waals surface area contributed by atoms with Gasteiger partial charge in [-0.3, -0.25) is 14.5 Å². The van der Waals surface area contributed by atoms with Crippen LogP contribution in [0.5, 0.6) is 0 Å². The van der Waals surface area contributed by atoms with Gasteiger partial charge in [-0.05, 0) is 33.4 Å². The summed E-state index contributed by atoms with van der Waals surface area (Å²) < 4.78 is 0. The Bertz CT molecular complexity index is 349. The number of nitrogens with zero attached hydrogens (tertiary/aromatic N) is 2. The van der Waals surface area contributed by atoms with Crippen LogP contribution < -0.4 is 10.6 Å². The summed E-state index contributed by atoms with van der Waals surface area (Å²) in [5, 5.41) is 6.14. The summed E-state index contributed by atoms with van der Waals surface area (Å²) in [7, 11) is 0. The van der Waals surface area contributed by atoms with Crippen LogP contribution in [0.1, 0.15) is 20.3 Å². The third-order valence-electron chi connectivity index (χ3n) is 3.94. The average Bonchev–Trinajstić information content (AvgIpc) is 2.61. The van der Waals surface area contributed by atoms with E-state index in [0.717, 1.165) is 32.6 Å². The van der Waals surface area contributed by atoms with Gasteiger partial charge < -0.3 is 15.5 Å². The second-order valence-electron chi connectivity index (χ2n) is 5.74. The maximum Gasteiger partial charge on any atom is 0.245 e. The summed E-state index contributed by atoms with van der Waals surface area (Å²) in [6, 6.07) is 0. The Kier molecular flexibility index (Phi) is 4.42. The number of piperazine rings is 1. The highest BCUT2D eigenvalue weighted by molar-refractivity contribution is 5.92. The summed E-state index contributed by atoms with van der Waals surface area (Å²) in [5.74, 6) is -0.00798. The summed E-state index contributed by atoms with van der Waals surface area (Å²) in [6.45, 7) is 8.97. The van der Waals surface area contributed by atoms with Crippen molar-refractivity contribution in [1.82, 2.24) is 20.4 Å². The lowest BCUT2D eigenvalue weighted by atomic mass is 9.99. The van der Waals surface area contributed by atoms with E-state index in [9.17, 15) is 9.59 Å². The molecule has 0 radical (unpaired) electrons. The number of amides is 2. The van der Waals surface area contributed by atoms with Crippen LogP contribution in [-0.2, 0) is 9.59 Å². The molecule has 0 spiro atoms. The first-order valence-corrected chi connectivity index (χ1v) is 7.03. The van der Waals surface area contributed by atoms with Gasteiger partial charge in [0.15, 0.2) is 0 Å². The summed E-state index contributed by atoms with van der Waals surface area (Å²) >= 11 is 0. The van der Waals surface area contributed by atoms with Crippen molar-refractivity contribution in [3.8, 4) is 0 Å². The zero-order valence-corrected chi connectivity index (χ0v) is 11.9. The molecule has 0 aromatic heterocycles. The molecule has 0 aromatic rings. The van der Waals surface area contributed by atoms with E-state index >= 15 is 0 Å². The molecule has 2 amide bonds. The Morgan fingerprint density at radius 2 is 2.00 bits per heavy atom. The highest BCUT2D eigenvalue weighted by atomic mass is 16.2. The van der Waals surface area contributed by atoms with E-state index in [1.54, 1.807) is 4.90 Å². The summed E-state index contributed by atoms with van der Waals surface area (Å²) in [5.41, 5.74) is -0.737. The molecule has 19 heavy (non-hydrogen) atoms. The van der Waals surface area contributed by atoms with Crippen LogP contribution in [-0.4, -0.2) is 73.0 Å². The second-order valence-corrected chi connectivity index (χ2v) is 5.74. The largest absolute Gasteiger partial charge is 0.352 e. The molecule has 2 aliphatic rings. The number of nitrogens with one attached hydrogen (secondary N) is 2. The Morgan fingerprint density at radius 3 is 2.79 bits per heavy atom. The molecule has 0 aliphatic carbocycles. The molecule has 0 unspecified atom stereocenters. The van der Waals surface area contributed by atoms with Crippen molar-refractivity contribution in [2.75, 3.05) is 45.8 Å². The minimum atomic E-state index is -0.737. The van der Waals surface area contributed by atoms with Crippen LogP contribution in [0.3, 0.4) is 0 Å². The molecule has 0 saturated carbocycles. The highest BCUT2D eigenvalue weighted by Gasteiger charge is 2.40. The fourth-order valence-corrected chi connectivity index (χ4v) is 2.67. The zero-order valence-electron chi connectivity index (χ0n) is 11.9. The molecule has 2 heterocycles. The number of hydrogen-bond donors (Lipinski definition) is 2. The van der Waals surface area contributed by atoms with E-state index in [0.29, 0.717) is 19.6 Å². The molecule has 0 bridgehead atoms. The first-order valence-electron chi connectivity index (χ1n) is 7.03. The van der Waals surface area contributed by atoms with Gasteiger partial charge in [-0.2, -0.15) is 0 Å². The van der Waals surface area contributed by atoms with Crippen LogP contribution in [0.25, 0.3) is 0 Å². The van der Waals surface area contributed by atoms with Gasteiger partial charge in [0.05, 0.1) is 6.54 Å². The first kappa shape index (κ1) is 14.3. The van der Waals surface area contributed by atoms with Crippen LogP contribution in [0.15, 0.2) is 0 Å². The molecule has 2 rings (SSSR count). The highest BCUT2D eigenvalue weighted by Crippen LogP contribution is 2.18. The first-order chi connectivity index (χ1) is 9.01. The van der Waals surface area contributed by atoms with E-state index in [2.05, 4.69) is 15.5 Å². The maximum absolute atomic E-state index is 12.4. The second kappa shape index (κ2) is 5.88. The quantitative estimate of drug-likeness (QED) is 0.675. The van der Waals surface area contributed by atoms with Crippen molar-refractivity contribution in [3.05, 3.63) is 0 Å². The van der Waals surface area contributed by atoms with Gasteiger partial charge in [-0.1, -0.05) is 0 Å². The third-order valence-corrected chi connectivity index (χ3v) is 3.94. The Hall–Kier alpha value is -1.14. The number of hydrogen-bond acceptors (Lipinski definition) is 4. The Balaban J connectivity index is 1.96. The van der Waals surface area contributed by atoms with E-state index < -0.39 is 5.54 Å². The lowest BCUT2D eigenvalue weighted by Crippen LogP contribution is -2.64. The van der Waals surface area contributed by atoms with E-state index in [1.807, 2.05) is 13.8 Å². The van der Waals surface area contributed by atoms with Crippen molar-refractivity contribution in [2.45, 2.75) is 25.8 Å². The smallest absolute Gasteiger partial charge is 0.245 e. The zero-order chi connectivity index (χ0) is 13.9. The molecule has 0 aromatic carbocycles. The minimum absolute atomic E-state index is 0.0572. The van der Waals surface area contributed by atoms with Crippen molar-refractivity contribution >= 4 is 11.8 Å². The van der Waals surface area contributed by atoms with Crippen molar-refractivity contribution < 1.29 is 9.59 Å². The molecule has 2 aliphatic heterocycles. The standard InChI is InChI=1S/C13H24N4O2/c1-13(2)12(19)15-6-9-17(13)11(18)10-16-7-3-4-14-5-8-16/h14H,3-10H2,1-2H3,(H,15,19). The van der Waals surface area contributed by atoms with Crippen LogP contribution in [0.2, 0.25) is 0 Å². The topological polar surface area (TPSA) is 64.7 Å². The van der Waals surface area contributed by atoms with Gasteiger partial charge in [0, 0.05) is 26.2 Å². The van der Waals surface area contributed by atoms with Crippen LogP contribution >= 0.6 is 0 Å². The maximum atomic E-state index is 12.4. The molecule has 108 valence electrons. The Morgan fingerprint density at radius 1 is 1.21 bits per heavy atom. The fourth-order valence-electron chi connectivity index (χ4n) is 2.67. The summed E-state index contributed by atoms with van der Waals surface area (Å²) in [6.07, 6.45) is 1.07. The average molecular weight is 268 g/mol. The lowest BCUT2D eigenvalue weighted by molar-refractivity contribution is -0.149. The molecule has 2 N–H and O–H groups in total. The monoisotopic (exact) mass is 268 g/mol. The van der Waals surface area contributed by atoms with Gasteiger partial charge in [-0.15, -0.1) is 0 Å². The normalized spacial score (nSPS) is 24.7. The van der Waals surface area contributed by atoms with E-state index in [-0.39, 0.29) is 11.8 Å². The van der Waals surface area contributed by atoms with Gasteiger partial charge >= 0.3 is 0 Å². The van der Waals surface area contributed by atoms with Gasteiger partial charge in [0.2, 0.25) is 11.8 Å². The molecule has 2 saturated heterocycles. The number of carbonyl (C=O) groups is 2. The van der Waals surface area contributed by atoms with Gasteiger partial charge in [-0.25, -0.2) is 0 Å². The fraction of sp³-hybridized carbons (Fsp3) is 0.846. The molecular formula is C13H24N4O2. The minimum Gasteiger partial charge on any atom is -0.352 e. The molecule has 6 heteroatoms. The van der Waals surface area contributed by atoms with Gasteiger partial charge in [0.1, 0.15) is 5.54 Å². The molecule has 2 fully saturated rings. The van der Waals surface area contributed by atoms with Crippen LogP contribution in [0, 0.1) is 0 Å². The molecule has 6 nitrogen and oxygen atoms in total. The lowest BCUT2D eigenvalue weighted by Gasteiger charge is -2.42. The van der Waals surface area contributed by atoms with E-state index in [1.165, 1.54) is 0 Å². The third kappa shape index (κ3) is 3.25. The number of rotatable bonds is 2. The SMILES string of the molecule is CC1(C)C(=O)NCCN1C(=O)CN1CCCNCC1. The summed E-state index contributed by atoms with van der Waals surface area (Å²) in [4.78, 5) is 28.2. The predicted octanol–water partition coefficient (Wildman–Crippen LogP) is -0.981. The predicted molar refractivity (Wildman–Crippen MR) is 72.7 cm³/mol. The van der Waals surface area contributed by atoms with Crippen molar-refractivity contribution in [2.24, 2.45) is 0 Å². The number of carbonyl (C=O) groups excluding carboxylic acids is 2. The Labute approximate surface area is 114 Å². The van der Waals surface area contributed by atoms with Gasteiger partial charge in [0.25, 0.3) is 0 Å².